The molecule has 1 aliphatic heterocycles. The van der Waals surface area contributed by atoms with Crippen molar-refractivity contribution in [3.63, 3.8) is 0 Å². The topological polar surface area (TPSA) is 67.3 Å². The number of nitrogens with zero attached hydrogens (tertiary/aromatic N) is 3. The third-order valence-corrected chi connectivity index (χ3v) is 3.60. The molecule has 0 aromatic carbocycles. The van der Waals surface area contributed by atoms with Crippen LogP contribution < -0.4 is 10.2 Å². The van der Waals surface area contributed by atoms with Crippen LogP contribution in [0.25, 0.3) is 0 Å². The van der Waals surface area contributed by atoms with Crippen LogP contribution in [0.1, 0.15) is 6.42 Å². The Morgan fingerprint density at radius 3 is 3.11 bits per heavy atom. The molecule has 2 rings (SSSR count). The van der Waals surface area contributed by atoms with Crippen LogP contribution in [0, 0.1) is 0 Å². The summed E-state index contributed by atoms with van der Waals surface area (Å²) in [4.78, 5) is 21.8. The van der Waals surface area contributed by atoms with E-state index in [2.05, 4.69) is 24.9 Å². The van der Waals surface area contributed by atoms with Crippen LogP contribution in [0.4, 0.5) is 10.6 Å². The maximum absolute atomic E-state index is 11.2. The molecule has 0 aliphatic carbocycles. The van der Waals surface area contributed by atoms with E-state index in [0.717, 1.165) is 18.8 Å². The van der Waals surface area contributed by atoms with Crippen molar-refractivity contribution in [3.8, 4) is 0 Å². The van der Waals surface area contributed by atoms with Crippen molar-refractivity contribution in [1.82, 2.24) is 15.3 Å². The van der Waals surface area contributed by atoms with Crippen LogP contribution in [-0.4, -0.2) is 48.6 Å². The molecule has 0 radical (unpaired) electrons. The quantitative estimate of drug-likeness (QED) is 0.521. The van der Waals surface area contributed by atoms with Crippen molar-refractivity contribution in [2.75, 3.05) is 31.4 Å². The Hall–Kier alpha value is -1.21. The predicted molar refractivity (Wildman–Crippen MR) is 75.0 cm³/mol. The lowest BCUT2D eigenvalue weighted by molar-refractivity contribution is 0.167. The molecule has 1 amide bonds. The average Bonchev–Trinajstić information content (AvgIpc) is 2.86. The average molecular weight is 303 g/mol. The van der Waals surface area contributed by atoms with E-state index >= 15 is 0 Å². The fourth-order valence-electron chi connectivity index (χ4n) is 1.95. The van der Waals surface area contributed by atoms with Crippen LogP contribution in [0.5, 0.6) is 0 Å². The van der Waals surface area contributed by atoms with Gasteiger partial charge in [0.1, 0.15) is 11.0 Å². The number of anilines is 1. The highest BCUT2D eigenvalue weighted by Crippen LogP contribution is 2.23. The summed E-state index contributed by atoms with van der Waals surface area (Å²) < 4.78 is 4.59. The van der Waals surface area contributed by atoms with E-state index in [4.69, 9.17) is 11.6 Å². The summed E-state index contributed by atoms with van der Waals surface area (Å²) in [6.45, 7) is 1.51. The van der Waals surface area contributed by atoms with Crippen LogP contribution in [-0.2, 0) is 4.74 Å². The van der Waals surface area contributed by atoms with E-state index in [0.29, 0.717) is 16.9 Å². The first-order valence-electron chi connectivity index (χ1n) is 5.80. The minimum atomic E-state index is -0.405. The molecule has 1 aromatic heterocycles. The number of rotatable bonds is 3. The molecule has 2 heterocycles. The van der Waals surface area contributed by atoms with Crippen molar-refractivity contribution in [1.29, 1.82) is 0 Å². The Morgan fingerprint density at radius 2 is 2.42 bits per heavy atom. The second-order valence-electron chi connectivity index (χ2n) is 4.10. The summed E-state index contributed by atoms with van der Waals surface area (Å²) in [7, 11) is 1.36. The monoisotopic (exact) mass is 302 g/mol. The molecule has 0 saturated carbocycles. The molecule has 8 heteroatoms. The van der Waals surface area contributed by atoms with Gasteiger partial charge in [0.2, 0.25) is 0 Å². The number of hydrogen-bond donors (Lipinski definition) is 1. The van der Waals surface area contributed by atoms with E-state index in [1.54, 1.807) is 6.07 Å². The highest BCUT2D eigenvalue weighted by Gasteiger charge is 2.25. The Balaban J connectivity index is 2.04. The molecule has 0 bridgehead atoms. The first kappa shape index (κ1) is 14.2. The van der Waals surface area contributed by atoms with Crippen molar-refractivity contribution in [2.45, 2.75) is 17.6 Å². The lowest BCUT2D eigenvalue weighted by Crippen LogP contribution is -2.37. The third kappa shape index (κ3) is 3.63. The molecule has 1 N–H and O–H groups in total. The van der Waals surface area contributed by atoms with Crippen molar-refractivity contribution >= 4 is 35.3 Å². The zero-order chi connectivity index (χ0) is 13.8. The standard InChI is InChI=1S/C11H15ClN4O2S/c1-18-11(17)13-7-3-4-16(6-7)9-5-8(12)14-10(15-9)19-2/h5,7H,3-4,6H2,1-2H3,(H,13,17). The molecular formula is C11H15ClN4O2S. The number of hydrogen-bond acceptors (Lipinski definition) is 6. The smallest absolute Gasteiger partial charge is 0.407 e. The molecule has 104 valence electrons. The number of nitrogens with one attached hydrogen (secondary N) is 1. The summed E-state index contributed by atoms with van der Waals surface area (Å²) in [5.41, 5.74) is 0. The van der Waals surface area contributed by atoms with Gasteiger partial charge in [-0.15, -0.1) is 0 Å². The summed E-state index contributed by atoms with van der Waals surface area (Å²) >= 11 is 7.42. The van der Waals surface area contributed by atoms with Gasteiger partial charge in [-0.3, -0.25) is 0 Å². The van der Waals surface area contributed by atoms with Gasteiger partial charge in [0.15, 0.2) is 5.16 Å². The maximum atomic E-state index is 11.2. The first-order chi connectivity index (χ1) is 9.12. The fraction of sp³-hybridized carbons (Fsp3) is 0.545. The van der Waals surface area contributed by atoms with Gasteiger partial charge in [0, 0.05) is 19.2 Å². The number of methoxy groups -OCH3 is 1. The highest BCUT2D eigenvalue weighted by atomic mass is 35.5. The molecule has 0 spiro atoms. The van der Waals surface area contributed by atoms with Crippen molar-refractivity contribution in [2.24, 2.45) is 0 Å². The number of ether oxygens (including phenoxy) is 1. The minimum Gasteiger partial charge on any atom is -0.453 e. The van der Waals surface area contributed by atoms with Crippen LogP contribution in [0.15, 0.2) is 11.2 Å². The molecule has 1 aromatic rings. The van der Waals surface area contributed by atoms with Gasteiger partial charge in [0.05, 0.1) is 13.2 Å². The first-order valence-corrected chi connectivity index (χ1v) is 7.40. The maximum Gasteiger partial charge on any atom is 0.407 e. The number of halogens is 1. The molecule has 1 saturated heterocycles. The predicted octanol–water partition coefficient (Wildman–Crippen LogP) is 1.79. The molecule has 19 heavy (non-hydrogen) atoms. The number of carbonyl (C=O) groups excluding carboxylic acids is 1. The lowest BCUT2D eigenvalue weighted by Gasteiger charge is -2.18. The molecule has 6 nitrogen and oxygen atoms in total. The molecule has 1 atom stereocenters. The summed E-state index contributed by atoms with van der Waals surface area (Å²) in [5.74, 6) is 0.790. The highest BCUT2D eigenvalue weighted by molar-refractivity contribution is 7.98. The number of carbonyl (C=O) groups is 1. The molecule has 1 aliphatic rings. The summed E-state index contributed by atoms with van der Waals surface area (Å²) in [5, 5.41) is 3.86. The molecular weight excluding hydrogens is 288 g/mol. The van der Waals surface area contributed by atoms with Gasteiger partial charge in [-0.2, -0.15) is 0 Å². The zero-order valence-electron chi connectivity index (χ0n) is 10.7. The summed E-state index contributed by atoms with van der Waals surface area (Å²) in [6.07, 6.45) is 2.35. The number of alkyl carbamates (subject to hydrolysis) is 1. The zero-order valence-corrected chi connectivity index (χ0v) is 12.3. The van der Waals surface area contributed by atoms with Crippen molar-refractivity contribution in [3.05, 3.63) is 11.2 Å². The molecule has 1 fully saturated rings. The van der Waals surface area contributed by atoms with Crippen molar-refractivity contribution < 1.29 is 9.53 Å². The fourth-order valence-corrected chi connectivity index (χ4v) is 2.55. The van der Waals surface area contributed by atoms with Crippen LogP contribution in [0.2, 0.25) is 5.15 Å². The van der Waals surface area contributed by atoms with Gasteiger partial charge >= 0.3 is 6.09 Å². The number of aromatic nitrogens is 2. The van der Waals surface area contributed by atoms with E-state index in [1.165, 1.54) is 18.9 Å². The van der Waals surface area contributed by atoms with E-state index in [9.17, 15) is 4.79 Å². The lowest BCUT2D eigenvalue weighted by atomic mass is 10.3. The van der Waals surface area contributed by atoms with Gasteiger partial charge in [-0.25, -0.2) is 14.8 Å². The van der Waals surface area contributed by atoms with Gasteiger partial charge < -0.3 is 15.0 Å². The number of amides is 1. The molecule has 1 unspecified atom stereocenters. The largest absolute Gasteiger partial charge is 0.453 e. The normalized spacial score (nSPS) is 18.5. The second kappa shape index (κ2) is 6.29. The summed E-state index contributed by atoms with van der Waals surface area (Å²) in [6, 6.07) is 1.81. The van der Waals surface area contributed by atoms with E-state index < -0.39 is 6.09 Å². The Kier molecular flexibility index (Phi) is 4.71. The van der Waals surface area contributed by atoms with Gasteiger partial charge in [-0.05, 0) is 12.7 Å². The third-order valence-electron chi connectivity index (χ3n) is 2.86. The Bertz CT molecular complexity index is 474. The van der Waals surface area contributed by atoms with Gasteiger partial charge in [0.25, 0.3) is 0 Å². The minimum absolute atomic E-state index is 0.0684. The Morgan fingerprint density at radius 1 is 1.63 bits per heavy atom. The van der Waals surface area contributed by atoms with E-state index in [1.807, 2.05) is 6.26 Å². The number of thioether (sulfide) groups is 1. The van der Waals surface area contributed by atoms with Crippen LogP contribution >= 0.6 is 23.4 Å². The van der Waals surface area contributed by atoms with Gasteiger partial charge in [-0.1, -0.05) is 23.4 Å². The Labute approximate surface area is 120 Å². The SMILES string of the molecule is COC(=O)NC1CCN(c2cc(Cl)nc(SC)n2)C1. The second-order valence-corrected chi connectivity index (χ2v) is 5.26. The van der Waals surface area contributed by atoms with Crippen LogP contribution in [0.3, 0.4) is 0 Å². The van der Waals surface area contributed by atoms with E-state index in [-0.39, 0.29) is 6.04 Å².